The zero-order valence-electron chi connectivity index (χ0n) is 11.2. The van der Waals surface area contributed by atoms with Crippen LogP contribution in [0.1, 0.15) is 0 Å². The summed E-state index contributed by atoms with van der Waals surface area (Å²) < 4.78 is 11.6. The highest BCUT2D eigenvalue weighted by Gasteiger charge is 2.09. The highest BCUT2D eigenvalue weighted by Crippen LogP contribution is 2.33. The number of hydrogen-bond acceptors (Lipinski definition) is 5. The SMILES string of the molecule is COc1cccc(OC)c1NCn1[nH]c(=O)ccc1=O. The standard InChI is InChI=1S/C13H15N3O4/c1-19-9-4-3-5-10(20-2)13(9)14-8-16-12(18)7-6-11(17)15-16/h3-7,14H,8H2,1-2H3,(H,15,17). The van der Waals surface area contributed by atoms with Crippen molar-refractivity contribution in [3.05, 3.63) is 51.0 Å². The van der Waals surface area contributed by atoms with Gasteiger partial charge in [-0.3, -0.25) is 14.7 Å². The first kappa shape index (κ1) is 13.7. The number of nitrogens with zero attached hydrogens (tertiary/aromatic N) is 1. The molecule has 2 N–H and O–H groups in total. The third kappa shape index (κ3) is 2.82. The van der Waals surface area contributed by atoms with E-state index < -0.39 is 0 Å². The Morgan fingerprint density at radius 3 is 2.35 bits per heavy atom. The van der Waals surface area contributed by atoms with Gasteiger partial charge in [0.15, 0.2) is 0 Å². The third-order valence-electron chi connectivity index (χ3n) is 2.73. The molecule has 0 atom stereocenters. The van der Waals surface area contributed by atoms with Gasteiger partial charge in [-0.1, -0.05) is 6.07 Å². The van der Waals surface area contributed by atoms with Gasteiger partial charge in [-0.15, -0.1) is 0 Å². The van der Waals surface area contributed by atoms with Gasteiger partial charge >= 0.3 is 0 Å². The molecule has 106 valence electrons. The van der Waals surface area contributed by atoms with Gasteiger partial charge in [-0.2, -0.15) is 0 Å². The third-order valence-corrected chi connectivity index (χ3v) is 2.73. The lowest BCUT2D eigenvalue weighted by molar-refractivity contribution is 0.396. The van der Waals surface area contributed by atoms with Gasteiger partial charge in [-0.05, 0) is 12.1 Å². The minimum Gasteiger partial charge on any atom is -0.494 e. The predicted molar refractivity (Wildman–Crippen MR) is 74.5 cm³/mol. The maximum absolute atomic E-state index is 11.6. The normalized spacial score (nSPS) is 10.1. The van der Waals surface area contributed by atoms with E-state index >= 15 is 0 Å². The van der Waals surface area contributed by atoms with E-state index in [1.807, 2.05) is 0 Å². The number of aromatic amines is 1. The molecule has 0 saturated carbocycles. The van der Waals surface area contributed by atoms with Crippen LogP contribution in [0.2, 0.25) is 0 Å². The molecule has 7 nitrogen and oxygen atoms in total. The average molecular weight is 277 g/mol. The number of aromatic nitrogens is 2. The van der Waals surface area contributed by atoms with Gasteiger partial charge in [0.2, 0.25) is 0 Å². The van der Waals surface area contributed by atoms with Crippen LogP contribution in [0, 0.1) is 0 Å². The highest BCUT2D eigenvalue weighted by molar-refractivity contribution is 5.65. The first-order valence-electron chi connectivity index (χ1n) is 5.90. The van der Waals surface area contributed by atoms with Crippen molar-refractivity contribution in [1.82, 2.24) is 9.78 Å². The number of ether oxygens (including phenoxy) is 2. The Labute approximate surface area is 114 Å². The molecule has 1 heterocycles. The second kappa shape index (κ2) is 5.96. The largest absolute Gasteiger partial charge is 0.494 e. The van der Waals surface area contributed by atoms with Gasteiger partial charge < -0.3 is 14.8 Å². The Bertz CT molecular complexity index is 683. The van der Waals surface area contributed by atoms with Gasteiger partial charge in [0.05, 0.1) is 14.2 Å². The lowest BCUT2D eigenvalue weighted by atomic mass is 10.2. The monoisotopic (exact) mass is 277 g/mol. The highest BCUT2D eigenvalue weighted by atomic mass is 16.5. The number of nitrogens with one attached hydrogen (secondary N) is 2. The summed E-state index contributed by atoms with van der Waals surface area (Å²) in [6.45, 7) is 0.0889. The number of anilines is 1. The van der Waals surface area contributed by atoms with Gasteiger partial charge in [0, 0.05) is 12.1 Å². The molecule has 0 fully saturated rings. The second-order valence-electron chi connectivity index (χ2n) is 3.95. The molecule has 0 bridgehead atoms. The molecule has 0 spiro atoms. The molecule has 0 aliphatic rings. The molecule has 7 heteroatoms. The topological polar surface area (TPSA) is 85.3 Å². The zero-order chi connectivity index (χ0) is 14.5. The van der Waals surface area contributed by atoms with Crippen molar-refractivity contribution in [3.63, 3.8) is 0 Å². The second-order valence-corrected chi connectivity index (χ2v) is 3.95. The van der Waals surface area contributed by atoms with Crippen LogP contribution in [0.25, 0.3) is 0 Å². The van der Waals surface area contributed by atoms with Crippen molar-refractivity contribution in [2.75, 3.05) is 19.5 Å². The smallest absolute Gasteiger partial charge is 0.266 e. The molecule has 0 unspecified atom stereocenters. The summed E-state index contributed by atoms with van der Waals surface area (Å²) in [5.74, 6) is 1.16. The van der Waals surface area contributed by atoms with E-state index in [1.54, 1.807) is 18.2 Å². The van der Waals surface area contributed by atoms with E-state index in [0.29, 0.717) is 17.2 Å². The van der Waals surface area contributed by atoms with Gasteiger partial charge in [-0.25, -0.2) is 4.68 Å². The predicted octanol–water partition coefficient (Wildman–Crippen LogP) is 0.623. The van der Waals surface area contributed by atoms with Crippen molar-refractivity contribution in [2.24, 2.45) is 0 Å². The van der Waals surface area contributed by atoms with E-state index in [0.717, 1.165) is 4.68 Å². The number of rotatable bonds is 5. The fourth-order valence-corrected chi connectivity index (χ4v) is 1.76. The Morgan fingerprint density at radius 2 is 1.75 bits per heavy atom. The minimum absolute atomic E-state index is 0.0889. The molecule has 2 rings (SSSR count). The summed E-state index contributed by atoms with van der Waals surface area (Å²) in [6, 6.07) is 7.71. The molecule has 0 saturated heterocycles. The summed E-state index contributed by atoms with van der Waals surface area (Å²) >= 11 is 0. The van der Waals surface area contributed by atoms with Crippen LogP contribution in [-0.4, -0.2) is 24.0 Å². The maximum atomic E-state index is 11.6. The molecule has 1 aromatic carbocycles. The molecule has 1 aromatic heterocycles. The number of methoxy groups -OCH3 is 2. The Hall–Kier alpha value is -2.70. The van der Waals surface area contributed by atoms with Crippen LogP contribution in [0.4, 0.5) is 5.69 Å². The summed E-state index contributed by atoms with van der Waals surface area (Å²) in [7, 11) is 3.08. The molecular weight excluding hydrogens is 262 g/mol. The Kier molecular flexibility index (Phi) is 4.09. The van der Waals surface area contributed by atoms with E-state index in [9.17, 15) is 9.59 Å². The molecule has 0 aliphatic carbocycles. The average Bonchev–Trinajstić information content (AvgIpc) is 2.47. The van der Waals surface area contributed by atoms with E-state index in [1.165, 1.54) is 26.4 Å². The minimum atomic E-state index is -0.349. The van der Waals surface area contributed by atoms with Crippen LogP contribution in [-0.2, 0) is 6.67 Å². The van der Waals surface area contributed by atoms with E-state index in [4.69, 9.17) is 9.47 Å². The summed E-state index contributed by atoms with van der Waals surface area (Å²) in [6.07, 6.45) is 0. The van der Waals surface area contributed by atoms with E-state index in [2.05, 4.69) is 10.4 Å². The molecule has 0 amide bonds. The maximum Gasteiger partial charge on any atom is 0.266 e. The summed E-state index contributed by atoms with van der Waals surface area (Å²) in [4.78, 5) is 22.8. The lowest BCUT2D eigenvalue weighted by Crippen LogP contribution is -2.30. The van der Waals surface area contributed by atoms with Crippen LogP contribution in [0.3, 0.4) is 0 Å². The molecule has 20 heavy (non-hydrogen) atoms. The lowest BCUT2D eigenvalue weighted by Gasteiger charge is -2.15. The quantitative estimate of drug-likeness (QED) is 0.837. The molecule has 2 aromatic rings. The van der Waals surface area contributed by atoms with Crippen molar-refractivity contribution in [3.8, 4) is 11.5 Å². The number of H-pyrrole nitrogens is 1. The van der Waals surface area contributed by atoms with Crippen molar-refractivity contribution in [1.29, 1.82) is 0 Å². The zero-order valence-corrected chi connectivity index (χ0v) is 11.2. The fourth-order valence-electron chi connectivity index (χ4n) is 1.76. The molecule has 0 radical (unpaired) electrons. The van der Waals surface area contributed by atoms with Crippen LogP contribution in [0.5, 0.6) is 11.5 Å². The van der Waals surface area contributed by atoms with E-state index in [-0.39, 0.29) is 17.8 Å². The van der Waals surface area contributed by atoms with Crippen molar-refractivity contribution in [2.45, 2.75) is 6.67 Å². The van der Waals surface area contributed by atoms with Gasteiger partial charge in [0.1, 0.15) is 23.9 Å². The molecule has 0 aliphatic heterocycles. The van der Waals surface area contributed by atoms with Crippen LogP contribution < -0.4 is 25.9 Å². The van der Waals surface area contributed by atoms with Crippen molar-refractivity contribution < 1.29 is 9.47 Å². The summed E-state index contributed by atoms with van der Waals surface area (Å²) in [5, 5.41) is 5.44. The first-order chi connectivity index (χ1) is 9.65. The molecular formula is C13H15N3O4. The Morgan fingerprint density at radius 1 is 1.10 bits per heavy atom. The van der Waals surface area contributed by atoms with Crippen molar-refractivity contribution >= 4 is 5.69 Å². The first-order valence-corrected chi connectivity index (χ1v) is 5.90. The van der Waals surface area contributed by atoms with Crippen LogP contribution >= 0.6 is 0 Å². The number of hydrogen-bond donors (Lipinski definition) is 2. The summed E-state index contributed by atoms with van der Waals surface area (Å²) in [5.41, 5.74) is -0.0570. The Balaban J connectivity index is 2.29. The number of benzene rings is 1. The van der Waals surface area contributed by atoms with Crippen LogP contribution in [0.15, 0.2) is 39.9 Å². The van der Waals surface area contributed by atoms with Gasteiger partial charge in [0.25, 0.3) is 11.1 Å². The number of para-hydroxylation sites is 1. The fraction of sp³-hybridized carbons (Fsp3) is 0.231.